The predicted molar refractivity (Wildman–Crippen MR) is 100 cm³/mol. The number of nitrogens with one attached hydrogen (secondary N) is 1. The maximum atomic E-state index is 12.4. The zero-order valence-corrected chi connectivity index (χ0v) is 16.1. The van der Waals surface area contributed by atoms with Crippen LogP contribution in [-0.4, -0.2) is 61.1 Å². The first-order chi connectivity index (χ1) is 13.4. The van der Waals surface area contributed by atoms with Crippen molar-refractivity contribution in [3.63, 3.8) is 0 Å². The Balaban J connectivity index is 1.54. The van der Waals surface area contributed by atoms with E-state index in [4.69, 9.17) is 9.47 Å². The minimum atomic E-state index is -1.01. The van der Waals surface area contributed by atoms with E-state index >= 15 is 0 Å². The molecular weight excluding hydrogens is 364 g/mol. The monoisotopic (exact) mass is 390 g/mol. The van der Waals surface area contributed by atoms with E-state index in [0.717, 1.165) is 18.4 Å². The van der Waals surface area contributed by atoms with Gasteiger partial charge in [-0.05, 0) is 42.9 Å². The summed E-state index contributed by atoms with van der Waals surface area (Å²) in [4.78, 5) is 37.7. The standard InChI is InChI=1S/C20H26N2O6/c1-27-15-6-3-12(9-16(15)28-2)7-8-22-11-14(10-17(22)23)19(24)21-18(20(25)26)13-4-5-13/h3,6,9,13-14,18H,4-5,7-8,10-11H2,1-2H3,(H,21,24)(H,25,26). The van der Waals surface area contributed by atoms with Crippen LogP contribution in [0.1, 0.15) is 24.8 Å². The number of ether oxygens (including phenoxy) is 2. The third-order valence-corrected chi connectivity index (χ3v) is 5.36. The van der Waals surface area contributed by atoms with Crippen LogP contribution in [0.15, 0.2) is 18.2 Å². The van der Waals surface area contributed by atoms with Gasteiger partial charge >= 0.3 is 5.97 Å². The van der Waals surface area contributed by atoms with Crippen LogP contribution < -0.4 is 14.8 Å². The largest absolute Gasteiger partial charge is 0.493 e. The van der Waals surface area contributed by atoms with Crippen LogP contribution in [-0.2, 0) is 20.8 Å². The predicted octanol–water partition coefficient (Wildman–Crippen LogP) is 1.07. The highest BCUT2D eigenvalue weighted by molar-refractivity contribution is 5.91. The molecule has 3 rings (SSSR count). The third kappa shape index (κ3) is 4.55. The summed E-state index contributed by atoms with van der Waals surface area (Å²) >= 11 is 0. The van der Waals surface area contributed by atoms with E-state index in [0.29, 0.717) is 31.0 Å². The first-order valence-corrected chi connectivity index (χ1v) is 9.44. The molecule has 152 valence electrons. The van der Waals surface area contributed by atoms with Gasteiger partial charge in [0.2, 0.25) is 11.8 Å². The van der Waals surface area contributed by atoms with Crippen molar-refractivity contribution in [1.29, 1.82) is 0 Å². The Bertz CT molecular complexity index is 761. The Morgan fingerprint density at radius 2 is 1.96 bits per heavy atom. The minimum absolute atomic E-state index is 0.0136. The number of likely N-dealkylation sites (tertiary alicyclic amines) is 1. The van der Waals surface area contributed by atoms with Crippen molar-refractivity contribution in [2.24, 2.45) is 11.8 Å². The molecule has 1 aliphatic carbocycles. The summed E-state index contributed by atoms with van der Waals surface area (Å²) in [7, 11) is 3.14. The Kier molecular flexibility index (Phi) is 6.06. The lowest BCUT2D eigenvalue weighted by Gasteiger charge is -2.18. The molecule has 0 radical (unpaired) electrons. The van der Waals surface area contributed by atoms with Gasteiger partial charge < -0.3 is 24.8 Å². The number of nitrogens with zero attached hydrogens (tertiary/aromatic N) is 1. The van der Waals surface area contributed by atoms with Crippen molar-refractivity contribution in [2.45, 2.75) is 31.7 Å². The summed E-state index contributed by atoms with van der Waals surface area (Å²) in [5.74, 6) is -0.655. The lowest BCUT2D eigenvalue weighted by Crippen LogP contribution is -2.45. The molecule has 2 fully saturated rings. The number of carbonyl (C=O) groups is 3. The molecule has 1 saturated heterocycles. The van der Waals surface area contributed by atoms with Crippen molar-refractivity contribution >= 4 is 17.8 Å². The number of amides is 2. The van der Waals surface area contributed by atoms with Crippen molar-refractivity contribution in [3.05, 3.63) is 23.8 Å². The van der Waals surface area contributed by atoms with Crippen LogP contribution in [0, 0.1) is 11.8 Å². The average molecular weight is 390 g/mol. The second kappa shape index (κ2) is 8.50. The molecule has 1 aromatic rings. The third-order valence-electron chi connectivity index (χ3n) is 5.36. The van der Waals surface area contributed by atoms with Gasteiger partial charge in [-0.2, -0.15) is 0 Å². The van der Waals surface area contributed by atoms with Gasteiger partial charge in [0, 0.05) is 19.5 Å². The Labute approximate surface area is 163 Å². The van der Waals surface area contributed by atoms with Crippen molar-refractivity contribution < 1.29 is 29.0 Å². The second-order valence-corrected chi connectivity index (χ2v) is 7.34. The molecule has 1 aliphatic heterocycles. The van der Waals surface area contributed by atoms with Gasteiger partial charge in [-0.25, -0.2) is 4.79 Å². The van der Waals surface area contributed by atoms with Crippen LogP contribution in [0.2, 0.25) is 0 Å². The van der Waals surface area contributed by atoms with Gasteiger partial charge in [-0.1, -0.05) is 6.07 Å². The van der Waals surface area contributed by atoms with E-state index in [1.54, 1.807) is 19.1 Å². The van der Waals surface area contributed by atoms with Crippen LogP contribution in [0.5, 0.6) is 11.5 Å². The molecule has 1 saturated carbocycles. The summed E-state index contributed by atoms with van der Waals surface area (Å²) in [6.07, 6.45) is 2.38. The Morgan fingerprint density at radius 1 is 1.25 bits per heavy atom. The van der Waals surface area contributed by atoms with Crippen LogP contribution in [0.4, 0.5) is 0 Å². The first kappa shape index (κ1) is 20.0. The van der Waals surface area contributed by atoms with Gasteiger partial charge in [-0.15, -0.1) is 0 Å². The number of benzene rings is 1. The highest BCUT2D eigenvalue weighted by Crippen LogP contribution is 2.33. The van der Waals surface area contributed by atoms with Crippen LogP contribution in [0.25, 0.3) is 0 Å². The van der Waals surface area contributed by atoms with E-state index in [1.807, 2.05) is 18.2 Å². The van der Waals surface area contributed by atoms with Crippen molar-refractivity contribution in [2.75, 3.05) is 27.3 Å². The number of hydrogen-bond acceptors (Lipinski definition) is 5. The van der Waals surface area contributed by atoms with Gasteiger partial charge in [0.25, 0.3) is 0 Å². The molecule has 0 bridgehead atoms. The highest BCUT2D eigenvalue weighted by atomic mass is 16.5. The molecule has 2 unspecified atom stereocenters. The number of methoxy groups -OCH3 is 2. The van der Waals surface area contributed by atoms with Gasteiger partial charge in [0.1, 0.15) is 6.04 Å². The highest BCUT2D eigenvalue weighted by Gasteiger charge is 2.40. The molecule has 0 spiro atoms. The number of carboxylic acids is 1. The quantitative estimate of drug-likeness (QED) is 0.654. The fourth-order valence-corrected chi connectivity index (χ4v) is 3.55. The molecule has 2 atom stereocenters. The van der Waals surface area contributed by atoms with E-state index in [-0.39, 0.29) is 24.2 Å². The SMILES string of the molecule is COc1ccc(CCN2CC(C(=O)NC(C(=O)O)C3CC3)CC2=O)cc1OC. The molecule has 1 heterocycles. The number of rotatable bonds is 9. The summed E-state index contributed by atoms with van der Waals surface area (Å²) in [6.45, 7) is 0.804. The lowest BCUT2D eigenvalue weighted by molar-refractivity contribution is -0.143. The molecule has 28 heavy (non-hydrogen) atoms. The van der Waals surface area contributed by atoms with Gasteiger partial charge in [0.15, 0.2) is 11.5 Å². The Hall–Kier alpha value is -2.77. The molecule has 2 aliphatic rings. The van der Waals surface area contributed by atoms with E-state index < -0.39 is 17.9 Å². The van der Waals surface area contributed by atoms with Crippen molar-refractivity contribution in [3.8, 4) is 11.5 Å². The molecule has 1 aromatic carbocycles. The Morgan fingerprint density at radius 3 is 2.57 bits per heavy atom. The van der Waals surface area contributed by atoms with Crippen molar-refractivity contribution in [1.82, 2.24) is 10.2 Å². The fraction of sp³-hybridized carbons (Fsp3) is 0.550. The smallest absolute Gasteiger partial charge is 0.326 e. The molecule has 2 amide bonds. The summed E-state index contributed by atoms with van der Waals surface area (Å²) in [5, 5.41) is 11.9. The number of aliphatic carboxylic acids is 1. The molecule has 8 heteroatoms. The van der Waals surface area contributed by atoms with E-state index in [1.165, 1.54) is 0 Å². The summed E-state index contributed by atoms with van der Waals surface area (Å²) in [6, 6.07) is 4.76. The number of hydrogen-bond donors (Lipinski definition) is 2. The lowest BCUT2D eigenvalue weighted by atomic mass is 10.1. The van der Waals surface area contributed by atoms with Gasteiger partial charge in [-0.3, -0.25) is 9.59 Å². The maximum Gasteiger partial charge on any atom is 0.326 e. The normalized spacial score (nSPS) is 20.0. The summed E-state index contributed by atoms with van der Waals surface area (Å²) < 4.78 is 10.5. The minimum Gasteiger partial charge on any atom is -0.493 e. The molecule has 8 nitrogen and oxygen atoms in total. The number of carboxylic acid groups (broad SMARTS) is 1. The first-order valence-electron chi connectivity index (χ1n) is 9.44. The van der Waals surface area contributed by atoms with Crippen LogP contribution in [0.3, 0.4) is 0 Å². The maximum absolute atomic E-state index is 12.4. The fourth-order valence-electron chi connectivity index (χ4n) is 3.55. The average Bonchev–Trinajstić information content (AvgIpc) is 3.45. The molecule has 2 N–H and O–H groups in total. The van der Waals surface area contributed by atoms with Crippen LogP contribution >= 0.6 is 0 Å². The van der Waals surface area contributed by atoms with Gasteiger partial charge in [0.05, 0.1) is 20.1 Å². The summed E-state index contributed by atoms with van der Waals surface area (Å²) in [5.41, 5.74) is 0.998. The number of carbonyl (C=O) groups excluding carboxylic acids is 2. The van der Waals surface area contributed by atoms with E-state index in [9.17, 15) is 19.5 Å². The zero-order valence-electron chi connectivity index (χ0n) is 16.1. The second-order valence-electron chi connectivity index (χ2n) is 7.34. The molecule has 0 aromatic heterocycles. The zero-order chi connectivity index (χ0) is 20.3. The topological polar surface area (TPSA) is 105 Å². The molecular formula is C20H26N2O6. The van der Waals surface area contributed by atoms with E-state index in [2.05, 4.69) is 5.32 Å².